The molecule has 0 saturated carbocycles. The molecule has 0 bridgehead atoms. The van der Waals surface area contributed by atoms with Crippen LogP contribution in [0.1, 0.15) is 24.5 Å². The summed E-state index contributed by atoms with van der Waals surface area (Å²) in [7, 11) is 0. The van der Waals surface area contributed by atoms with Gasteiger partial charge in [-0.05, 0) is 30.4 Å². The molecule has 15 heavy (non-hydrogen) atoms. The van der Waals surface area contributed by atoms with Gasteiger partial charge in [0, 0.05) is 12.0 Å². The minimum Gasteiger partial charge on any atom is -0.392 e. The highest BCUT2D eigenvalue weighted by molar-refractivity contribution is 5.35. The molecule has 1 aliphatic carbocycles. The molecule has 2 heteroatoms. The quantitative estimate of drug-likeness (QED) is 0.785. The van der Waals surface area contributed by atoms with Crippen molar-refractivity contribution >= 4 is 0 Å². The molecule has 0 spiro atoms. The van der Waals surface area contributed by atoms with Crippen LogP contribution in [-0.2, 0) is 12.8 Å². The first-order valence-electron chi connectivity index (χ1n) is 5.67. The van der Waals surface area contributed by atoms with Crippen LogP contribution < -0.4 is 5.73 Å². The largest absolute Gasteiger partial charge is 0.392 e. The molecule has 0 saturated heterocycles. The molecule has 0 aliphatic heterocycles. The van der Waals surface area contributed by atoms with Crippen LogP contribution in [0.5, 0.6) is 0 Å². The van der Waals surface area contributed by atoms with Gasteiger partial charge in [0.2, 0.25) is 0 Å². The average Bonchev–Trinajstić information content (AvgIpc) is 2.67. The fourth-order valence-electron chi connectivity index (χ4n) is 2.67. The van der Waals surface area contributed by atoms with Crippen LogP contribution in [-0.4, -0.2) is 17.8 Å². The van der Waals surface area contributed by atoms with E-state index in [1.165, 1.54) is 11.1 Å². The Balaban J connectivity index is 2.29. The summed E-state index contributed by atoms with van der Waals surface area (Å²) in [5, 5.41) is 10.1. The van der Waals surface area contributed by atoms with E-state index >= 15 is 0 Å². The second-order valence-electron chi connectivity index (χ2n) is 4.61. The Kier molecular flexibility index (Phi) is 2.81. The molecule has 1 unspecified atom stereocenters. The van der Waals surface area contributed by atoms with Crippen LogP contribution >= 0.6 is 0 Å². The zero-order chi connectivity index (χ0) is 10.9. The number of aliphatic hydroxyl groups excluding tert-OH is 1. The van der Waals surface area contributed by atoms with Crippen molar-refractivity contribution in [1.29, 1.82) is 0 Å². The van der Waals surface area contributed by atoms with E-state index in [0.29, 0.717) is 6.54 Å². The van der Waals surface area contributed by atoms with Crippen LogP contribution in [0.2, 0.25) is 0 Å². The highest BCUT2D eigenvalue weighted by Gasteiger charge is 2.40. The first-order chi connectivity index (χ1) is 7.22. The van der Waals surface area contributed by atoms with Gasteiger partial charge in [0.25, 0.3) is 0 Å². The van der Waals surface area contributed by atoms with Gasteiger partial charge in [-0.15, -0.1) is 0 Å². The lowest BCUT2D eigenvalue weighted by atomic mass is 9.78. The van der Waals surface area contributed by atoms with Crippen LogP contribution in [0.15, 0.2) is 24.3 Å². The SMILES string of the molecule is CCC(O)C1(CN)Cc2ccccc2C1. The number of rotatable bonds is 3. The number of nitrogens with two attached hydrogens (primary N) is 1. The molecule has 1 aliphatic rings. The Hall–Kier alpha value is -0.860. The first-order valence-corrected chi connectivity index (χ1v) is 5.67. The standard InChI is InChI=1S/C13H19NO/c1-2-12(15)13(9-14)7-10-5-3-4-6-11(10)8-13/h3-6,12,15H,2,7-9,14H2,1H3. The molecular formula is C13H19NO. The topological polar surface area (TPSA) is 46.2 Å². The molecular weight excluding hydrogens is 186 g/mol. The zero-order valence-corrected chi connectivity index (χ0v) is 9.24. The molecule has 0 aromatic heterocycles. The van der Waals surface area contributed by atoms with Crippen molar-refractivity contribution in [2.45, 2.75) is 32.3 Å². The number of hydrogen-bond donors (Lipinski definition) is 2. The Labute approximate surface area is 91.1 Å². The maximum atomic E-state index is 10.1. The summed E-state index contributed by atoms with van der Waals surface area (Å²) < 4.78 is 0. The molecule has 82 valence electrons. The summed E-state index contributed by atoms with van der Waals surface area (Å²) in [5.41, 5.74) is 8.47. The second kappa shape index (κ2) is 3.95. The maximum Gasteiger partial charge on any atom is 0.0612 e. The summed E-state index contributed by atoms with van der Waals surface area (Å²) in [6, 6.07) is 8.41. The van der Waals surface area contributed by atoms with E-state index in [0.717, 1.165) is 19.3 Å². The van der Waals surface area contributed by atoms with Crippen molar-refractivity contribution in [1.82, 2.24) is 0 Å². The first kappa shape index (κ1) is 10.7. The van der Waals surface area contributed by atoms with E-state index < -0.39 is 0 Å². The van der Waals surface area contributed by atoms with Crippen molar-refractivity contribution in [2.75, 3.05) is 6.54 Å². The molecule has 1 aromatic rings. The third-order valence-electron chi connectivity index (χ3n) is 3.70. The van der Waals surface area contributed by atoms with Gasteiger partial charge in [0.1, 0.15) is 0 Å². The second-order valence-corrected chi connectivity index (χ2v) is 4.61. The number of aliphatic hydroxyl groups is 1. The van der Waals surface area contributed by atoms with Gasteiger partial charge >= 0.3 is 0 Å². The molecule has 0 heterocycles. The van der Waals surface area contributed by atoms with Crippen molar-refractivity contribution in [3.63, 3.8) is 0 Å². The summed E-state index contributed by atoms with van der Waals surface area (Å²) in [4.78, 5) is 0. The molecule has 1 aromatic carbocycles. The Morgan fingerprint density at radius 1 is 1.33 bits per heavy atom. The Bertz CT molecular complexity index is 323. The third-order valence-corrected chi connectivity index (χ3v) is 3.70. The number of hydrogen-bond acceptors (Lipinski definition) is 2. The fourth-order valence-corrected chi connectivity index (χ4v) is 2.67. The van der Waals surface area contributed by atoms with E-state index in [1.54, 1.807) is 0 Å². The van der Waals surface area contributed by atoms with E-state index in [9.17, 15) is 5.11 Å². The lowest BCUT2D eigenvalue weighted by molar-refractivity contribution is 0.0342. The zero-order valence-electron chi connectivity index (χ0n) is 9.24. The van der Waals surface area contributed by atoms with E-state index in [-0.39, 0.29) is 11.5 Å². The average molecular weight is 205 g/mol. The fraction of sp³-hybridized carbons (Fsp3) is 0.538. The van der Waals surface area contributed by atoms with Crippen molar-refractivity contribution < 1.29 is 5.11 Å². The van der Waals surface area contributed by atoms with Gasteiger partial charge in [-0.3, -0.25) is 0 Å². The van der Waals surface area contributed by atoms with Crippen molar-refractivity contribution in [3.05, 3.63) is 35.4 Å². The molecule has 0 fully saturated rings. The van der Waals surface area contributed by atoms with Gasteiger partial charge in [0.15, 0.2) is 0 Å². The monoisotopic (exact) mass is 205 g/mol. The predicted octanol–water partition coefficient (Wildman–Crippen LogP) is 1.50. The summed E-state index contributed by atoms with van der Waals surface area (Å²) in [6.45, 7) is 2.59. The van der Waals surface area contributed by atoms with Crippen LogP contribution in [0.25, 0.3) is 0 Å². The summed E-state index contributed by atoms with van der Waals surface area (Å²) in [5.74, 6) is 0. The van der Waals surface area contributed by atoms with Gasteiger partial charge < -0.3 is 10.8 Å². The Morgan fingerprint density at radius 2 is 1.87 bits per heavy atom. The van der Waals surface area contributed by atoms with Crippen LogP contribution in [0.4, 0.5) is 0 Å². The maximum absolute atomic E-state index is 10.1. The predicted molar refractivity (Wildman–Crippen MR) is 61.6 cm³/mol. The van der Waals surface area contributed by atoms with Crippen molar-refractivity contribution in [2.24, 2.45) is 11.1 Å². The normalized spacial score (nSPS) is 19.9. The van der Waals surface area contributed by atoms with Gasteiger partial charge in [-0.25, -0.2) is 0 Å². The lowest BCUT2D eigenvalue weighted by Gasteiger charge is -2.32. The van der Waals surface area contributed by atoms with Crippen LogP contribution in [0, 0.1) is 5.41 Å². The van der Waals surface area contributed by atoms with Gasteiger partial charge in [0.05, 0.1) is 6.10 Å². The minimum absolute atomic E-state index is 0.113. The van der Waals surface area contributed by atoms with E-state index in [2.05, 4.69) is 24.3 Å². The number of fused-ring (bicyclic) bond motifs is 1. The molecule has 2 nitrogen and oxygen atoms in total. The molecule has 1 atom stereocenters. The smallest absolute Gasteiger partial charge is 0.0612 e. The minimum atomic E-state index is -0.283. The highest BCUT2D eigenvalue weighted by Crippen LogP contribution is 2.39. The van der Waals surface area contributed by atoms with E-state index in [1.807, 2.05) is 6.92 Å². The summed E-state index contributed by atoms with van der Waals surface area (Å²) >= 11 is 0. The molecule has 0 radical (unpaired) electrons. The van der Waals surface area contributed by atoms with E-state index in [4.69, 9.17) is 5.73 Å². The van der Waals surface area contributed by atoms with Gasteiger partial charge in [-0.1, -0.05) is 31.2 Å². The van der Waals surface area contributed by atoms with Gasteiger partial charge in [-0.2, -0.15) is 0 Å². The van der Waals surface area contributed by atoms with Crippen molar-refractivity contribution in [3.8, 4) is 0 Å². The summed E-state index contributed by atoms with van der Waals surface area (Å²) in [6.07, 6.45) is 2.35. The molecule has 0 amide bonds. The molecule has 3 N–H and O–H groups in total. The number of benzene rings is 1. The third kappa shape index (κ3) is 1.68. The lowest BCUT2D eigenvalue weighted by Crippen LogP contribution is -2.42. The molecule has 2 rings (SSSR count). The highest BCUT2D eigenvalue weighted by atomic mass is 16.3. The van der Waals surface area contributed by atoms with Crippen LogP contribution in [0.3, 0.4) is 0 Å². The Morgan fingerprint density at radius 3 is 2.27 bits per heavy atom.